The highest BCUT2D eigenvalue weighted by Gasteiger charge is 2.22. The van der Waals surface area contributed by atoms with Gasteiger partial charge in [0.1, 0.15) is 0 Å². The topological polar surface area (TPSA) is 70.2 Å². The molecule has 106 valence electrons. The van der Waals surface area contributed by atoms with Gasteiger partial charge in [0, 0.05) is 24.5 Å². The van der Waals surface area contributed by atoms with E-state index in [-0.39, 0.29) is 11.9 Å². The van der Waals surface area contributed by atoms with E-state index in [4.69, 9.17) is 0 Å². The average Bonchev–Trinajstić information content (AvgIpc) is 3.22. The van der Waals surface area contributed by atoms with Gasteiger partial charge in [0.05, 0.1) is 0 Å². The Bertz CT molecular complexity index is 531. The van der Waals surface area contributed by atoms with Gasteiger partial charge in [-0.2, -0.15) is 0 Å². The molecule has 5 nitrogen and oxygen atoms in total. The van der Waals surface area contributed by atoms with E-state index in [9.17, 15) is 9.59 Å². The van der Waals surface area contributed by atoms with E-state index in [0.717, 1.165) is 0 Å². The number of amides is 3. The number of carbonyl (C=O) groups is 2. The first kappa shape index (κ1) is 14.1. The molecule has 0 aliphatic heterocycles. The minimum atomic E-state index is -0.266. The molecule has 0 radical (unpaired) electrons. The zero-order valence-corrected chi connectivity index (χ0v) is 11.7. The van der Waals surface area contributed by atoms with E-state index >= 15 is 0 Å². The van der Waals surface area contributed by atoms with E-state index in [1.165, 1.54) is 25.3 Å². The van der Waals surface area contributed by atoms with E-state index in [2.05, 4.69) is 16.0 Å². The van der Waals surface area contributed by atoms with Gasteiger partial charge in [-0.25, -0.2) is 4.79 Å². The Labute approximate surface area is 118 Å². The van der Waals surface area contributed by atoms with Gasteiger partial charge in [-0.1, -0.05) is 5.57 Å². The summed E-state index contributed by atoms with van der Waals surface area (Å²) in [5, 5.41) is 8.12. The number of benzene rings is 1. The molecule has 0 bridgehead atoms. The Morgan fingerprint density at radius 2 is 1.60 bits per heavy atom. The Kier molecular flexibility index (Phi) is 4.40. The van der Waals surface area contributed by atoms with Crippen LogP contribution in [0.5, 0.6) is 0 Å². The predicted octanol–water partition coefficient (Wildman–Crippen LogP) is 3.08. The van der Waals surface area contributed by atoms with E-state index in [1.807, 2.05) is 6.92 Å². The third-order valence-corrected chi connectivity index (χ3v) is 3.12. The predicted molar refractivity (Wildman–Crippen MR) is 79.4 cm³/mol. The molecule has 0 atom stereocenters. The fraction of sp³-hybridized carbons (Fsp3) is 0.333. The number of hydrogen-bond acceptors (Lipinski definition) is 2. The lowest BCUT2D eigenvalue weighted by atomic mass is 10.2. The normalized spacial score (nSPS) is 14.6. The van der Waals surface area contributed by atoms with Crippen molar-refractivity contribution in [2.45, 2.75) is 26.7 Å². The lowest BCUT2D eigenvalue weighted by Gasteiger charge is -2.07. The molecule has 0 heterocycles. The fourth-order valence-corrected chi connectivity index (χ4v) is 1.84. The van der Waals surface area contributed by atoms with Crippen LogP contribution >= 0.6 is 0 Å². The SMILES string of the molecule is CC(=O)Nc1ccc(NC(=O)N/C=C(\C)C2CC2)cc1. The molecule has 0 unspecified atom stereocenters. The summed E-state index contributed by atoms with van der Waals surface area (Å²) < 4.78 is 0. The molecule has 1 aliphatic rings. The Hall–Kier alpha value is -2.30. The number of rotatable bonds is 4. The van der Waals surface area contributed by atoms with Gasteiger partial charge in [0.25, 0.3) is 0 Å². The summed E-state index contributed by atoms with van der Waals surface area (Å²) in [4.78, 5) is 22.6. The zero-order chi connectivity index (χ0) is 14.5. The van der Waals surface area contributed by atoms with Crippen molar-refractivity contribution in [2.24, 2.45) is 5.92 Å². The van der Waals surface area contributed by atoms with Crippen LogP contribution in [0.1, 0.15) is 26.7 Å². The molecular formula is C15H19N3O2. The first-order valence-corrected chi connectivity index (χ1v) is 6.66. The molecular weight excluding hydrogens is 254 g/mol. The van der Waals surface area contributed by atoms with Crippen LogP contribution in [0.15, 0.2) is 36.0 Å². The lowest BCUT2D eigenvalue weighted by molar-refractivity contribution is -0.114. The second kappa shape index (κ2) is 6.23. The minimum absolute atomic E-state index is 0.121. The molecule has 0 aromatic heterocycles. The molecule has 1 saturated carbocycles. The average molecular weight is 273 g/mol. The van der Waals surface area contributed by atoms with Gasteiger partial charge in [-0.05, 0) is 49.9 Å². The fourth-order valence-electron chi connectivity index (χ4n) is 1.84. The number of nitrogens with one attached hydrogen (secondary N) is 3. The van der Waals surface area contributed by atoms with Crippen LogP contribution in [0.4, 0.5) is 16.2 Å². The Morgan fingerprint density at radius 3 is 2.10 bits per heavy atom. The summed E-state index contributed by atoms with van der Waals surface area (Å²) in [6, 6.07) is 6.69. The van der Waals surface area contributed by atoms with Crippen molar-refractivity contribution in [3.63, 3.8) is 0 Å². The summed E-state index contributed by atoms with van der Waals surface area (Å²) in [5.41, 5.74) is 2.59. The number of urea groups is 1. The van der Waals surface area contributed by atoms with Crippen molar-refractivity contribution in [1.82, 2.24) is 5.32 Å². The van der Waals surface area contributed by atoms with E-state index < -0.39 is 0 Å². The molecule has 0 saturated heterocycles. The first-order valence-electron chi connectivity index (χ1n) is 6.66. The molecule has 0 spiro atoms. The van der Waals surface area contributed by atoms with E-state index in [1.54, 1.807) is 30.5 Å². The van der Waals surface area contributed by atoms with Gasteiger partial charge in [-0.3, -0.25) is 4.79 Å². The van der Waals surface area contributed by atoms with Crippen molar-refractivity contribution < 1.29 is 9.59 Å². The second-order valence-corrected chi connectivity index (χ2v) is 5.02. The van der Waals surface area contributed by atoms with Crippen LogP contribution in [-0.4, -0.2) is 11.9 Å². The van der Waals surface area contributed by atoms with Crippen LogP contribution in [0.2, 0.25) is 0 Å². The molecule has 3 amide bonds. The second-order valence-electron chi connectivity index (χ2n) is 5.02. The van der Waals surface area contributed by atoms with Gasteiger partial charge >= 0.3 is 6.03 Å². The minimum Gasteiger partial charge on any atom is -0.326 e. The molecule has 1 aromatic rings. The van der Waals surface area contributed by atoms with Crippen LogP contribution in [0, 0.1) is 5.92 Å². The highest BCUT2D eigenvalue weighted by molar-refractivity contribution is 5.91. The van der Waals surface area contributed by atoms with Crippen LogP contribution in [-0.2, 0) is 4.79 Å². The van der Waals surface area contributed by atoms with Crippen molar-refractivity contribution in [3.05, 3.63) is 36.0 Å². The quantitative estimate of drug-likeness (QED) is 0.789. The first-order chi connectivity index (χ1) is 9.54. The maximum absolute atomic E-state index is 11.7. The van der Waals surface area contributed by atoms with Crippen molar-refractivity contribution in [3.8, 4) is 0 Å². The van der Waals surface area contributed by atoms with Crippen molar-refractivity contribution in [2.75, 3.05) is 10.6 Å². The molecule has 2 rings (SSSR count). The zero-order valence-electron chi connectivity index (χ0n) is 11.7. The highest BCUT2D eigenvalue weighted by Crippen LogP contribution is 2.35. The maximum Gasteiger partial charge on any atom is 0.323 e. The van der Waals surface area contributed by atoms with Crippen LogP contribution < -0.4 is 16.0 Å². The monoisotopic (exact) mass is 273 g/mol. The number of anilines is 2. The molecule has 1 aromatic carbocycles. The number of allylic oxidation sites excluding steroid dienone is 1. The summed E-state index contributed by atoms with van der Waals surface area (Å²) >= 11 is 0. The summed E-state index contributed by atoms with van der Waals surface area (Å²) in [6.45, 7) is 3.48. The molecule has 1 aliphatic carbocycles. The van der Waals surface area contributed by atoms with Crippen molar-refractivity contribution in [1.29, 1.82) is 0 Å². The number of hydrogen-bond donors (Lipinski definition) is 3. The van der Waals surface area contributed by atoms with Gasteiger partial charge < -0.3 is 16.0 Å². The van der Waals surface area contributed by atoms with Crippen molar-refractivity contribution >= 4 is 23.3 Å². The smallest absolute Gasteiger partial charge is 0.323 e. The van der Waals surface area contributed by atoms with E-state index in [0.29, 0.717) is 17.3 Å². The van der Waals surface area contributed by atoms with Gasteiger partial charge in [-0.15, -0.1) is 0 Å². The maximum atomic E-state index is 11.7. The van der Waals surface area contributed by atoms with Crippen LogP contribution in [0.25, 0.3) is 0 Å². The largest absolute Gasteiger partial charge is 0.326 e. The highest BCUT2D eigenvalue weighted by atomic mass is 16.2. The van der Waals surface area contributed by atoms with Crippen LogP contribution in [0.3, 0.4) is 0 Å². The summed E-state index contributed by atoms with van der Waals surface area (Å²) in [5.74, 6) is 0.524. The van der Waals surface area contributed by atoms with Gasteiger partial charge in [0.15, 0.2) is 0 Å². The molecule has 1 fully saturated rings. The third kappa shape index (κ3) is 4.42. The van der Waals surface area contributed by atoms with Gasteiger partial charge in [0.2, 0.25) is 5.91 Å². The third-order valence-electron chi connectivity index (χ3n) is 3.12. The molecule has 20 heavy (non-hydrogen) atoms. The summed E-state index contributed by atoms with van der Waals surface area (Å²) in [7, 11) is 0. The summed E-state index contributed by atoms with van der Waals surface area (Å²) in [6.07, 6.45) is 4.20. The molecule has 3 N–H and O–H groups in total. The standard InChI is InChI=1S/C15H19N3O2/c1-10(12-3-4-12)9-16-15(20)18-14-7-5-13(6-8-14)17-11(2)19/h5-9,12H,3-4H2,1-2H3,(H,17,19)(H2,16,18,20)/b10-9+. The number of carbonyl (C=O) groups excluding carboxylic acids is 2. The molecule has 5 heteroatoms. The Morgan fingerprint density at radius 1 is 1.05 bits per heavy atom. The lowest BCUT2D eigenvalue weighted by Crippen LogP contribution is -2.24. The Balaban J connectivity index is 1.84.